The Hall–Kier alpha value is -4.72. The summed E-state index contributed by atoms with van der Waals surface area (Å²) in [6.45, 7) is 13.5. The molecule has 0 spiro atoms. The normalized spacial score (nSPS) is 23.6. The summed E-state index contributed by atoms with van der Waals surface area (Å²) in [5.74, 6) is -0.681. The van der Waals surface area contributed by atoms with Crippen LogP contribution in [0, 0.1) is 25.2 Å². The van der Waals surface area contributed by atoms with E-state index in [0.717, 1.165) is 22.0 Å². The van der Waals surface area contributed by atoms with Gasteiger partial charge in [0.05, 0.1) is 18.9 Å². The molecule has 13 nitrogen and oxygen atoms in total. The van der Waals surface area contributed by atoms with Crippen LogP contribution in [-0.4, -0.2) is 83.6 Å². The van der Waals surface area contributed by atoms with Crippen LogP contribution in [0.5, 0.6) is 11.6 Å². The van der Waals surface area contributed by atoms with Gasteiger partial charge < -0.3 is 25.0 Å². The first kappa shape index (κ1) is 36.1. The lowest BCUT2D eigenvalue weighted by Crippen LogP contribution is -2.58. The highest BCUT2D eigenvalue weighted by Gasteiger charge is 2.62. The van der Waals surface area contributed by atoms with Crippen LogP contribution in [0.4, 0.5) is 5.82 Å². The Labute approximate surface area is 298 Å². The summed E-state index contributed by atoms with van der Waals surface area (Å²) < 4.78 is 39.4. The number of fused-ring (bicyclic) bond motifs is 1. The van der Waals surface area contributed by atoms with Crippen LogP contribution >= 0.6 is 0 Å². The van der Waals surface area contributed by atoms with Crippen molar-refractivity contribution in [3.63, 3.8) is 0 Å². The molecule has 3 heterocycles. The summed E-state index contributed by atoms with van der Waals surface area (Å²) in [4.78, 5) is 53.0. The third kappa shape index (κ3) is 7.51. The molecule has 2 aliphatic carbocycles. The molecule has 272 valence electrons. The largest absolute Gasteiger partial charge is 0.497 e. The van der Waals surface area contributed by atoms with Crippen molar-refractivity contribution in [3.8, 4) is 11.6 Å². The second-order valence-electron chi connectivity index (χ2n) is 15.0. The van der Waals surface area contributed by atoms with Crippen LogP contribution in [0.15, 0.2) is 55.3 Å². The number of amides is 3. The number of nitrogens with one attached hydrogen (secondary N) is 3. The second-order valence-corrected chi connectivity index (χ2v) is 16.9. The SMILES string of the molecule is C=C[C@@H]1C[C@]1(NC(=O)[C@@H]1C[C@@H](Oc2nccc3cc(OC)ccc23)CN1C(=O)[C@H](Nc1cc(C)cc(C)n1)C(C)(C)C)C(=O)NS(=O)(=O)C1CC1. The molecule has 1 aliphatic heterocycles. The van der Waals surface area contributed by atoms with Crippen molar-refractivity contribution in [1.82, 2.24) is 24.9 Å². The molecule has 0 radical (unpaired) electrons. The number of carbonyl (C=O) groups excluding carboxylic acids is 3. The summed E-state index contributed by atoms with van der Waals surface area (Å²) in [6, 6.07) is 9.30. The maximum absolute atomic E-state index is 14.7. The number of carbonyl (C=O) groups is 3. The number of ether oxygens (including phenoxy) is 2. The van der Waals surface area contributed by atoms with E-state index in [4.69, 9.17) is 9.47 Å². The monoisotopic (exact) mass is 718 g/mol. The van der Waals surface area contributed by atoms with E-state index in [9.17, 15) is 22.8 Å². The summed E-state index contributed by atoms with van der Waals surface area (Å²) in [6.07, 6.45) is 3.75. The topological polar surface area (TPSA) is 169 Å². The van der Waals surface area contributed by atoms with Crippen LogP contribution in [0.3, 0.4) is 0 Å². The molecule has 1 saturated heterocycles. The maximum atomic E-state index is 14.7. The van der Waals surface area contributed by atoms with Gasteiger partial charge in [-0.15, -0.1) is 6.58 Å². The number of aromatic nitrogens is 2. The molecule has 0 bridgehead atoms. The van der Waals surface area contributed by atoms with Crippen molar-refractivity contribution < 1.29 is 32.3 Å². The van der Waals surface area contributed by atoms with Crippen LogP contribution in [0.25, 0.3) is 10.8 Å². The van der Waals surface area contributed by atoms with E-state index in [2.05, 4.69) is 31.9 Å². The quantitative estimate of drug-likeness (QED) is 0.234. The highest BCUT2D eigenvalue weighted by Crippen LogP contribution is 2.45. The lowest BCUT2D eigenvalue weighted by Gasteiger charge is -2.36. The molecule has 3 aromatic rings. The van der Waals surface area contributed by atoms with Crippen molar-refractivity contribution in [2.75, 3.05) is 19.0 Å². The van der Waals surface area contributed by atoms with E-state index in [1.807, 2.05) is 65.0 Å². The molecule has 5 atom stereocenters. The average molecular weight is 719 g/mol. The molecule has 51 heavy (non-hydrogen) atoms. The van der Waals surface area contributed by atoms with Crippen LogP contribution in [-0.2, 0) is 24.4 Å². The molecule has 14 heteroatoms. The number of anilines is 1. The smallest absolute Gasteiger partial charge is 0.259 e. The molecule has 1 aromatic carbocycles. The average Bonchev–Trinajstić information content (AvgIpc) is 3.99. The Morgan fingerprint density at radius 2 is 1.86 bits per heavy atom. The third-order valence-electron chi connectivity index (χ3n) is 9.81. The van der Waals surface area contributed by atoms with E-state index in [1.165, 1.54) is 11.0 Å². The molecular formula is C37H46N6O7S. The van der Waals surface area contributed by atoms with Gasteiger partial charge in [0.15, 0.2) is 0 Å². The fourth-order valence-corrected chi connectivity index (χ4v) is 8.14. The molecule has 3 fully saturated rings. The summed E-state index contributed by atoms with van der Waals surface area (Å²) in [5.41, 5.74) is -0.353. The summed E-state index contributed by atoms with van der Waals surface area (Å²) >= 11 is 0. The fraction of sp³-hybridized carbons (Fsp3) is 0.486. The van der Waals surface area contributed by atoms with Crippen molar-refractivity contribution in [2.45, 2.75) is 89.3 Å². The number of hydrogen-bond acceptors (Lipinski definition) is 10. The Morgan fingerprint density at radius 1 is 1.12 bits per heavy atom. The molecule has 3 aliphatic rings. The minimum absolute atomic E-state index is 0.0554. The zero-order chi connectivity index (χ0) is 36.9. The highest BCUT2D eigenvalue weighted by molar-refractivity contribution is 7.91. The molecular weight excluding hydrogens is 673 g/mol. The predicted molar refractivity (Wildman–Crippen MR) is 193 cm³/mol. The first-order valence-corrected chi connectivity index (χ1v) is 18.7. The van der Waals surface area contributed by atoms with Crippen LogP contribution < -0.4 is 24.8 Å². The van der Waals surface area contributed by atoms with Gasteiger partial charge in [-0.2, -0.15) is 0 Å². The molecule has 3 amide bonds. The minimum atomic E-state index is -3.87. The third-order valence-corrected chi connectivity index (χ3v) is 11.6. The van der Waals surface area contributed by atoms with Gasteiger partial charge in [-0.25, -0.2) is 18.4 Å². The summed E-state index contributed by atoms with van der Waals surface area (Å²) in [7, 11) is -2.28. The number of hydrogen-bond donors (Lipinski definition) is 3. The standard InChI is InChI=1S/C37H46N6O7S/c1-8-24-19-37(24,35(46)42-51(47,48)27-10-11-27)41-32(44)29-18-26(50-33-28-12-9-25(49-7)17-23(28)13-14-38-33)20-43(29)34(45)31(36(4,5)6)40-30-16-21(2)15-22(3)39-30/h8-9,12-17,24,26-27,29,31H,1,10-11,18-20H2,2-7H3,(H,39,40)(H,41,44)(H,42,46)/t24-,26-,29+,31+,37-/m1/s1. The first-order valence-electron chi connectivity index (χ1n) is 17.2. The Bertz CT molecular complexity index is 1970. The molecule has 0 unspecified atom stereocenters. The van der Waals surface area contributed by atoms with E-state index in [1.54, 1.807) is 19.4 Å². The lowest BCUT2D eigenvalue weighted by atomic mass is 9.85. The van der Waals surface area contributed by atoms with Crippen molar-refractivity contribution in [1.29, 1.82) is 0 Å². The molecule has 2 aromatic heterocycles. The van der Waals surface area contributed by atoms with Gasteiger partial charge in [-0.1, -0.05) is 26.8 Å². The molecule has 3 N–H and O–H groups in total. The number of aryl methyl sites for hydroxylation is 2. The Kier molecular flexibility index (Phi) is 9.51. The number of likely N-dealkylation sites (tertiary alicyclic amines) is 1. The number of nitrogens with zero attached hydrogens (tertiary/aromatic N) is 3. The van der Waals surface area contributed by atoms with Crippen molar-refractivity contribution in [3.05, 3.63) is 66.5 Å². The lowest BCUT2D eigenvalue weighted by molar-refractivity contribution is -0.141. The van der Waals surface area contributed by atoms with E-state index < -0.39 is 62.1 Å². The second kappa shape index (κ2) is 13.4. The zero-order valence-electron chi connectivity index (χ0n) is 29.9. The Balaban J connectivity index is 1.31. The zero-order valence-corrected chi connectivity index (χ0v) is 30.7. The van der Waals surface area contributed by atoms with Gasteiger partial charge in [0.1, 0.15) is 35.3 Å². The highest BCUT2D eigenvalue weighted by atomic mass is 32.2. The van der Waals surface area contributed by atoms with E-state index in [0.29, 0.717) is 30.3 Å². The van der Waals surface area contributed by atoms with Gasteiger partial charge in [-0.05, 0) is 85.9 Å². The van der Waals surface area contributed by atoms with Gasteiger partial charge in [-0.3, -0.25) is 19.1 Å². The van der Waals surface area contributed by atoms with Crippen LogP contribution in [0.1, 0.15) is 57.7 Å². The number of rotatable bonds is 12. The van der Waals surface area contributed by atoms with Gasteiger partial charge in [0.25, 0.3) is 5.91 Å². The number of pyridine rings is 2. The minimum Gasteiger partial charge on any atom is -0.497 e. The first-order chi connectivity index (χ1) is 24.0. The Morgan fingerprint density at radius 3 is 2.49 bits per heavy atom. The van der Waals surface area contributed by atoms with Crippen molar-refractivity contribution in [2.24, 2.45) is 11.3 Å². The van der Waals surface area contributed by atoms with Crippen LogP contribution in [0.2, 0.25) is 0 Å². The van der Waals surface area contributed by atoms with E-state index >= 15 is 0 Å². The predicted octanol–water partition coefficient (Wildman–Crippen LogP) is 3.80. The molecule has 2 saturated carbocycles. The van der Waals surface area contributed by atoms with Gasteiger partial charge in [0, 0.05) is 29.6 Å². The number of benzene rings is 1. The van der Waals surface area contributed by atoms with E-state index in [-0.39, 0.29) is 25.3 Å². The van der Waals surface area contributed by atoms with Gasteiger partial charge >= 0.3 is 0 Å². The van der Waals surface area contributed by atoms with Crippen molar-refractivity contribution >= 4 is 44.3 Å². The fourth-order valence-electron chi connectivity index (χ4n) is 6.78. The maximum Gasteiger partial charge on any atom is 0.259 e. The summed E-state index contributed by atoms with van der Waals surface area (Å²) in [5, 5.41) is 7.14. The van der Waals surface area contributed by atoms with Gasteiger partial charge in [0.2, 0.25) is 27.7 Å². The number of sulfonamides is 1. The number of methoxy groups -OCH3 is 1. The molecule has 6 rings (SSSR count).